The maximum atomic E-state index is 12.5. The lowest BCUT2D eigenvalue weighted by Crippen LogP contribution is -2.44. The number of ether oxygens (including phenoxy) is 1. The number of piperidine rings is 1. The molecule has 0 atom stereocenters. The molecule has 0 radical (unpaired) electrons. The van der Waals surface area contributed by atoms with Crippen LogP contribution in [0.5, 0.6) is 5.75 Å². The van der Waals surface area contributed by atoms with Crippen LogP contribution in [0.2, 0.25) is 0 Å². The van der Waals surface area contributed by atoms with Gasteiger partial charge in [-0.05, 0) is 51.1 Å². The molecule has 0 saturated carbocycles. The first-order valence-corrected chi connectivity index (χ1v) is 7.67. The molecule has 1 aromatic rings. The maximum Gasteiger partial charge on any atom is 0.227 e. The molecular weight excluding hydrogens is 316 g/mol. The number of hydrogen-bond acceptors (Lipinski definition) is 4. The minimum absolute atomic E-state index is 0. The smallest absolute Gasteiger partial charge is 0.227 e. The van der Waals surface area contributed by atoms with Crippen molar-refractivity contribution in [2.45, 2.75) is 32.2 Å². The van der Waals surface area contributed by atoms with Gasteiger partial charge in [-0.15, -0.1) is 12.4 Å². The van der Waals surface area contributed by atoms with Gasteiger partial charge in [0.15, 0.2) is 5.78 Å². The summed E-state index contributed by atoms with van der Waals surface area (Å²) in [4.78, 5) is 25.9. The number of hydrogen-bond donors (Lipinski definition) is 1. The first-order valence-electron chi connectivity index (χ1n) is 7.67. The van der Waals surface area contributed by atoms with E-state index in [-0.39, 0.29) is 36.6 Å². The minimum atomic E-state index is -0.0111. The summed E-state index contributed by atoms with van der Waals surface area (Å²) >= 11 is 0. The highest BCUT2D eigenvalue weighted by Crippen LogP contribution is 2.22. The number of halogens is 1. The summed E-state index contributed by atoms with van der Waals surface area (Å²) in [6, 6.07) is 5.53. The van der Waals surface area contributed by atoms with Crippen LogP contribution < -0.4 is 10.1 Å². The summed E-state index contributed by atoms with van der Waals surface area (Å²) in [5.41, 5.74) is 1.37. The summed E-state index contributed by atoms with van der Waals surface area (Å²) in [7, 11) is 3.44. The number of Topliss-reactive ketones (excluding diaryl/α,β-unsaturated/α-hetero) is 1. The van der Waals surface area contributed by atoms with E-state index in [1.807, 2.05) is 11.9 Å². The van der Waals surface area contributed by atoms with Crippen molar-refractivity contribution in [3.05, 3.63) is 29.3 Å². The van der Waals surface area contributed by atoms with Crippen LogP contribution in [0.25, 0.3) is 0 Å². The first-order chi connectivity index (χ1) is 10.5. The largest absolute Gasteiger partial charge is 0.496 e. The molecule has 1 aromatic carbocycles. The summed E-state index contributed by atoms with van der Waals surface area (Å²) < 4.78 is 5.31. The molecule has 0 aromatic heterocycles. The lowest BCUT2D eigenvalue weighted by atomic mass is 10.0. The van der Waals surface area contributed by atoms with Crippen LogP contribution in [0.15, 0.2) is 18.2 Å². The van der Waals surface area contributed by atoms with E-state index in [4.69, 9.17) is 4.74 Å². The van der Waals surface area contributed by atoms with Crippen LogP contribution in [0.1, 0.15) is 35.7 Å². The molecule has 5 nitrogen and oxygen atoms in total. The van der Waals surface area contributed by atoms with Gasteiger partial charge in [0.2, 0.25) is 5.91 Å². The van der Waals surface area contributed by atoms with Gasteiger partial charge in [0.1, 0.15) is 5.75 Å². The summed E-state index contributed by atoms with van der Waals surface area (Å²) in [6.45, 7) is 3.42. The number of ketones is 1. The molecule has 1 saturated heterocycles. The Labute approximate surface area is 143 Å². The van der Waals surface area contributed by atoms with E-state index in [2.05, 4.69) is 5.32 Å². The summed E-state index contributed by atoms with van der Waals surface area (Å²) in [5, 5.41) is 3.30. The lowest BCUT2D eigenvalue weighted by molar-refractivity contribution is -0.131. The van der Waals surface area contributed by atoms with Crippen LogP contribution in [-0.4, -0.2) is 49.9 Å². The summed E-state index contributed by atoms with van der Waals surface area (Å²) in [5.74, 6) is 0.700. The minimum Gasteiger partial charge on any atom is -0.496 e. The van der Waals surface area contributed by atoms with Gasteiger partial charge >= 0.3 is 0 Å². The zero-order valence-electron chi connectivity index (χ0n) is 13.9. The Morgan fingerprint density at radius 3 is 2.52 bits per heavy atom. The number of nitrogens with one attached hydrogen (secondary N) is 1. The van der Waals surface area contributed by atoms with Gasteiger partial charge in [-0.1, -0.05) is 0 Å². The van der Waals surface area contributed by atoms with Crippen molar-refractivity contribution < 1.29 is 14.3 Å². The molecule has 23 heavy (non-hydrogen) atoms. The van der Waals surface area contributed by atoms with Gasteiger partial charge < -0.3 is 15.0 Å². The highest BCUT2D eigenvalue weighted by atomic mass is 35.5. The van der Waals surface area contributed by atoms with E-state index >= 15 is 0 Å². The zero-order chi connectivity index (χ0) is 16.1. The molecule has 1 fully saturated rings. The highest BCUT2D eigenvalue weighted by molar-refractivity contribution is 5.94. The number of benzene rings is 1. The van der Waals surface area contributed by atoms with Crippen molar-refractivity contribution in [2.24, 2.45) is 0 Å². The normalized spacial score (nSPS) is 14.7. The molecule has 0 spiro atoms. The summed E-state index contributed by atoms with van der Waals surface area (Å²) in [6.07, 6.45) is 2.21. The molecule has 128 valence electrons. The molecule has 1 aliphatic rings. The Bertz CT molecular complexity index is 557. The van der Waals surface area contributed by atoms with Gasteiger partial charge in [-0.25, -0.2) is 0 Å². The van der Waals surface area contributed by atoms with Crippen LogP contribution >= 0.6 is 12.4 Å². The van der Waals surface area contributed by atoms with E-state index in [9.17, 15) is 9.59 Å². The number of carbonyl (C=O) groups excluding carboxylic acids is 2. The third kappa shape index (κ3) is 4.94. The van der Waals surface area contributed by atoms with Gasteiger partial charge in [-0.2, -0.15) is 0 Å². The van der Waals surface area contributed by atoms with Crippen molar-refractivity contribution in [1.82, 2.24) is 10.2 Å². The number of likely N-dealkylation sites (N-methyl/N-ethyl adjacent to an activating group) is 1. The van der Waals surface area contributed by atoms with Crippen LogP contribution in [0.3, 0.4) is 0 Å². The maximum absolute atomic E-state index is 12.5. The predicted molar refractivity (Wildman–Crippen MR) is 92.6 cm³/mol. The fourth-order valence-electron chi connectivity index (χ4n) is 2.82. The average Bonchev–Trinajstić information content (AvgIpc) is 2.54. The van der Waals surface area contributed by atoms with E-state index in [1.54, 1.807) is 25.3 Å². The Morgan fingerprint density at radius 2 is 1.96 bits per heavy atom. The van der Waals surface area contributed by atoms with Gasteiger partial charge in [-0.3, -0.25) is 9.59 Å². The fraction of sp³-hybridized carbons (Fsp3) is 0.529. The van der Waals surface area contributed by atoms with Crippen molar-refractivity contribution in [2.75, 3.05) is 27.2 Å². The predicted octanol–water partition coefficient (Wildman–Crippen LogP) is 2.07. The van der Waals surface area contributed by atoms with Crippen molar-refractivity contribution in [1.29, 1.82) is 0 Å². The standard InChI is InChI=1S/C17H24N2O3.ClH/c1-12(20)13-4-5-16(22-3)14(10-13)11-17(21)19(2)15-6-8-18-9-7-15;/h4-5,10,15,18H,6-9,11H2,1-3H3;1H. The van der Waals surface area contributed by atoms with Crippen LogP contribution in [0.4, 0.5) is 0 Å². The van der Waals surface area contributed by atoms with Crippen molar-refractivity contribution >= 4 is 24.1 Å². The first kappa shape index (κ1) is 19.5. The Hall–Kier alpha value is -1.59. The molecule has 2 rings (SSSR count). The monoisotopic (exact) mass is 340 g/mol. The Morgan fingerprint density at radius 1 is 1.30 bits per heavy atom. The van der Waals surface area contributed by atoms with E-state index in [0.29, 0.717) is 11.3 Å². The topological polar surface area (TPSA) is 58.6 Å². The molecule has 6 heteroatoms. The average molecular weight is 341 g/mol. The SMILES string of the molecule is COc1ccc(C(C)=O)cc1CC(=O)N(C)C1CCNCC1.Cl. The van der Waals surface area contributed by atoms with Crippen LogP contribution in [-0.2, 0) is 11.2 Å². The van der Waals surface area contributed by atoms with Crippen LogP contribution in [0, 0.1) is 0 Å². The van der Waals surface area contributed by atoms with Gasteiger partial charge in [0.05, 0.1) is 13.5 Å². The third-order valence-corrected chi connectivity index (χ3v) is 4.28. The van der Waals surface area contributed by atoms with Crippen molar-refractivity contribution in [3.63, 3.8) is 0 Å². The fourth-order valence-corrected chi connectivity index (χ4v) is 2.82. The second-order valence-electron chi connectivity index (χ2n) is 5.75. The number of carbonyl (C=O) groups is 2. The molecule has 1 amide bonds. The molecule has 1 aliphatic heterocycles. The van der Waals surface area contributed by atoms with E-state index in [1.165, 1.54) is 6.92 Å². The Balaban J connectivity index is 0.00000264. The number of rotatable bonds is 5. The molecular formula is C17H25ClN2O3. The molecule has 1 N–H and O–H groups in total. The second kappa shape index (κ2) is 8.89. The highest BCUT2D eigenvalue weighted by Gasteiger charge is 2.23. The molecule has 0 unspecified atom stereocenters. The van der Waals surface area contributed by atoms with Gasteiger partial charge in [0.25, 0.3) is 0 Å². The number of nitrogens with zero attached hydrogens (tertiary/aromatic N) is 1. The number of methoxy groups -OCH3 is 1. The quantitative estimate of drug-likeness (QED) is 0.834. The van der Waals surface area contributed by atoms with Gasteiger partial charge in [0, 0.05) is 24.2 Å². The molecule has 0 bridgehead atoms. The lowest BCUT2D eigenvalue weighted by Gasteiger charge is -2.31. The van der Waals surface area contributed by atoms with E-state index < -0.39 is 0 Å². The Kier molecular flexibility index (Phi) is 7.52. The van der Waals surface area contributed by atoms with Crippen molar-refractivity contribution in [3.8, 4) is 5.75 Å². The second-order valence-corrected chi connectivity index (χ2v) is 5.75. The molecule has 1 heterocycles. The van der Waals surface area contributed by atoms with E-state index in [0.717, 1.165) is 31.5 Å². The zero-order valence-corrected chi connectivity index (χ0v) is 14.7. The molecule has 0 aliphatic carbocycles. The number of amides is 1. The third-order valence-electron chi connectivity index (χ3n) is 4.28.